The minimum Gasteiger partial charge on any atom is -0.479 e. The lowest BCUT2D eigenvalue weighted by Crippen LogP contribution is -2.41. The van der Waals surface area contributed by atoms with Gasteiger partial charge in [-0.1, -0.05) is 18.2 Å². The number of benzene rings is 1. The molecule has 2 aliphatic heterocycles. The zero-order valence-corrected chi connectivity index (χ0v) is 11.0. The van der Waals surface area contributed by atoms with Crippen molar-refractivity contribution >= 4 is 16.9 Å². The minimum atomic E-state index is -1.62. The SMILES string of the molecule is O=C(O)C1(O)CC2c3[nH]c4ccccc4c3CCN2C1. The summed E-state index contributed by atoms with van der Waals surface area (Å²) < 4.78 is 0. The molecule has 3 heterocycles. The van der Waals surface area contributed by atoms with Crippen molar-refractivity contribution in [3.63, 3.8) is 0 Å². The van der Waals surface area contributed by atoms with Gasteiger partial charge in [0.15, 0.2) is 5.60 Å². The number of aliphatic carboxylic acids is 1. The van der Waals surface area contributed by atoms with Gasteiger partial charge in [-0.15, -0.1) is 0 Å². The van der Waals surface area contributed by atoms with Crippen LogP contribution in [-0.2, 0) is 11.2 Å². The number of carboxylic acid groups (broad SMARTS) is 1. The first-order valence-electron chi connectivity index (χ1n) is 6.88. The smallest absolute Gasteiger partial charge is 0.337 e. The summed E-state index contributed by atoms with van der Waals surface area (Å²) in [6.07, 6.45) is 1.15. The van der Waals surface area contributed by atoms with E-state index in [1.54, 1.807) is 0 Å². The van der Waals surface area contributed by atoms with E-state index in [4.69, 9.17) is 0 Å². The number of para-hydroxylation sites is 1. The Bertz CT molecular complexity index is 708. The van der Waals surface area contributed by atoms with E-state index in [9.17, 15) is 15.0 Å². The Balaban J connectivity index is 1.82. The summed E-state index contributed by atoms with van der Waals surface area (Å²) >= 11 is 0. The molecule has 0 saturated carbocycles. The molecule has 0 spiro atoms. The molecule has 0 amide bonds. The largest absolute Gasteiger partial charge is 0.479 e. The van der Waals surface area contributed by atoms with Gasteiger partial charge in [-0.2, -0.15) is 0 Å². The van der Waals surface area contributed by atoms with Crippen molar-refractivity contribution < 1.29 is 15.0 Å². The van der Waals surface area contributed by atoms with Crippen LogP contribution in [0.1, 0.15) is 23.7 Å². The number of carboxylic acids is 1. The van der Waals surface area contributed by atoms with E-state index in [2.05, 4.69) is 16.0 Å². The van der Waals surface area contributed by atoms with Crippen molar-refractivity contribution in [3.05, 3.63) is 35.5 Å². The summed E-state index contributed by atoms with van der Waals surface area (Å²) in [5, 5.41) is 20.7. The topological polar surface area (TPSA) is 76.6 Å². The maximum absolute atomic E-state index is 11.3. The van der Waals surface area contributed by atoms with Gasteiger partial charge in [-0.3, -0.25) is 4.90 Å². The lowest BCUT2D eigenvalue weighted by Gasteiger charge is -2.29. The highest BCUT2D eigenvalue weighted by Gasteiger charge is 2.50. The molecule has 2 atom stereocenters. The zero-order valence-electron chi connectivity index (χ0n) is 11.0. The summed E-state index contributed by atoms with van der Waals surface area (Å²) in [4.78, 5) is 16.8. The third-order valence-corrected chi connectivity index (χ3v) is 4.66. The van der Waals surface area contributed by atoms with Crippen molar-refractivity contribution in [2.45, 2.75) is 24.5 Å². The number of fused-ring (bicyclic) bond motifs is 5. The standard InChI is InChI=1S/C15H16N2O3/c18-14(19)15(20)7-12-13-10(5-6-17(12)8-15)9-3-1-2-4-11(9)16-13/h1-4,12,16,20H,5-8H2,(H,18,19). The van der Waals surface area contributed by atoms with Crippen LogP contribution >= 0.6 is 0 Å². The maximum atomic E-state index is 11.3. The van der Waals surface area contributed by atoms with E-state index in [0.717, 1.165) is 24.2 Å². The molecule has 1 fully saturated rings. The van der Waals surface area contributed by atoms with Gasteiger partial charge < -0.3 is 15.2 Å². The highest BCUT2D eigenvalue weighted by Crippen LogP contribution is 2.43. The van der Waals surface area contributed by atoms with Gasteiger partial charge in [0.2, 0.25) is 0 Å². The molecular formula is C15H16N2O3. The molecule has 20 heavy (non-hydrogen) atoms. The lowest BCUT2D eigenvalue weighted by atomic mass is 9.94. The van der Waals surface area contributed by atoms with E-state index < -0.39 is 11.6 Å². The van der Waals surface area contributed by atoms with Crippen LogP contribution in [0, 0.1) is 0 Å². The van der Waals surface area contributed by atoms with E-state index in [1.807, 2.05) is 18.2 Å². The Kier molecular flexibility index (Phi) is 2.29. The van der Waals surface area contributed by atoms with Crippen LogP contribution in [0.4, 0.5) is 0 Å². The molecule has 5 nitrogen and oxygen atoms in total. The number of rotatable bonds is 1. The van der Waals surface area contributed by atoms with Gasteiger partial charge in [0.1, 0.15) is 0 Å². The van der Waals surface area contributed by atoms with Gasteiger partial charge in [0, 0.05) is 36.1 Å². The summed E-state index contributed by atoms with van der Waals surface area (Å²) in [6, 6.07) is 8.12. The van der Waals surface area contributed by atoms with Crippen molar-refractivity contribution in [1.29, 1.82) is 0 Å². The van der Waals surface area contributed by atoms with Crippen molar-refractivity contribution in [3.8, 4) is 0 Å². The fourth-order valence-electron chi connectivity index (χ4n) is 3.66. The number of aromatic nitrogens is 1. The van der Waals surface area contributed by atoms with Crippen LogP contribution < -0.4 is 0 Å². The minimum absolute atomic E-state index is 0.0211. The average molecular weight is 272 g/mol. The second kappa shape index (κ2) is 3.84. The van der Waals surface area contributed by atoms with Crippen LogP contribution in [0.3, 0.4) is 0 Å². The molecule has 3 N–H and O–H groups in total. The Hall–Kier alpha value is -1.85. The van der Waals surface area contributed by atoms with E-state index in [-0.39, 0.29) is 19.0 Å². The first-order valence-corrected chi connectivity index (χ1v) is 6.88. The summed E-state index contributed by atoms with van der Waals surface area (Å²) in [5.41, 5.74) is 1.82. The number of aliphatic hydroxyl groups is 1. The summed E-state index contributed by atoms with van der Waals surface area (Å²) in [5.74, 6) is -1.12. The molecule has 5 heteroatoms. The van der Waals surface area contributed by atoms with E-state index >= 15 is 0 Å². The number of hydrogen-bond donors (Lipinski definition) is 3. The first kappa shape index (κ1) is 11.9. The molecule has 1 aromatic heterocycles. The molecule has 2 aliphatic rings. The quantitative estimate of drug-likeness (QED) is 0.731. The zero-order chi connectivity index (χ0) is 13.9. The van der Waals surface area contributed by atoms with Crippen molar-refractivity contribution in [1.82, 2.24) is 9.88 Å². The van der Waals surface area contributed by atoms with Gasteiger partial charge in [-0.25, -0.2) is 4.79 Å². The Morgan fingerprint density at radius 2 is 2.20 bits per heavy atom. The third-order valence-electron chi connectivity index (χ3n) is 4.66. The van der Waals surface area contributed by atoms with Crippen LogP contribution in [0.2, 0.25) is 0 Å². The Labute approximate surface area is 115 Å². The third kappa shape index (κ3) is 1.47. The molecular weight excluding hydrogens is 256 g/mol. The number of H-pyrrole nitrogens is 1. The van der Waals surface area contributed by atoms with E-state index in [1.165, 1.54) is 10.9 Å². The fourth-order valence-corrected chi connectivity index (χ4v) is 3.66. The van der Waals surface area contributed by atoms with Crippen molar-refractivity contribution in [2.24, 2.45) is 0 Å². The van der Waals surface area contributed by atoms with E-state index in [0.29, 0.717) is 0 Å². The normalized spacial score (nSPS) is 29.4. The van der Waals surface area contributed by atoms with Gasteiger partial charge in [0.05, 0.1) is 6.04 Å². The Morgan fingerprint density at radius 3 is 3.00 bits per heavy atom. The van der Waals surface area contributed by atoms with Crippen LogP contribution in [0.15, 0.2) is 24.3 Å². The summed E-state index contributed by atoms with van der Waals surface area (Å²) in [6.45, 7) is 1.01. The molecule has 1 aromatic carbocycles. The maximum Gasteiger partial charge on any atom is 0.337 e. The second-order valence-electron chi connectivity index (χ2n) is 5.84. The predicted octanol–water partition coefficient (Wildman–Crippen LogP) is 1.29. The molecule has 0 bridgehead atoms. The lowest BCUT2D eigenvalue weighted by molar-refractivity contribution is -0.157. The number of aromatic amines is 1. The highest BCUT2D eigenvalue weighted by atomic mass is 16.4. The van der Waals surface area contributed by atoms with Gasteiger partial charge in [0.25, 0.3) is 0 Å². The predicted molar refractivity (Wildman–Crippen MR) is 73.5 cm³/mol. The molecule has 4 rings (SSSR count). The first-order chi connectivity index (χ1) is 9.58. The average Bonchev–Trinajstić information content (AvgIpc) is 2.96. The molecule has 1 saturated heterocycles. The number of carbonyl (C=O) groups is 1. The fraction of sp³-hybridized carbons (Fsp3) is 0.400. The monoisotopic (exact) mass is 272 g/mol. The van der Waals surface area contributed by atoms with Crippen molar-refractivity contribution in [2.75, 3.05) is 13.1 Å². The molecule has 2 unspecified atom stereocenters. The van der Waals surface area contributed by atoms with Crippen LogP contribution in [-0.4, -0.2) is 44.8 Å². The van der Waals surface area contributed by atoms with Gasteiger partial charge >= 0.3 is 5.97 Å². The van der Waals surface area contributed by atoms with Gasteiger partial charge in [-0.05, 0) is 18.1 Å². The molecule has 0 aliphatic carbocycles. The molecule has 104 valence electrons. The van der Waals surface area contributed by atoms with Crippen LogP contribution in [0.5, 0.6) is 0 Å². The Morgan fingerprint density at radius 1 is 1.40 bits per heavy atom. The number of hydrogen-bond acceptors (Lipinski definition) is 3. The molecule has 2 aromatic rings. The molecule has 0 radical (unpaired) electrons. The van der Waals surface area contributed by atoms with Crippen LogP contribution in [0.25, 0.3) is 10.9 Å². The number of nitrogens with zero attached hydrogens (tertiary/aromatic N) is 1. The number of nitrogens with one attached hydrogen (secondary N) is 1. The highest BCUT2D eigenvalue weighted by molar-refractivity contribution is 5.85. The second-order valence-corrected chi connectivity index (χ2v) is 5.84. The summed E-state index contributed by atoms with van der Waals surface area (Å²) in [7, 11) is 0.